The van der Waals surface area contributed by atoms with Gasteiger partial charge in [-0.05, 0) is 49.9 Å². The van der Waals surface area contributed by atoms with Crippen LogP contribution < -0.4 is 0 Å². The minimum absolute atomic E-state index is 0.172. The van der Waals surface area contributed by atoms with E-state index in [1.165, 1.54) is 0 Å². The molecule has 0 aromatic heterocycles. The number of carboxylic acid groups (broad SMARTS) is 2. The number of rotatable bonds is 6. The molecule has 4 atom stereocenters. The summed E-state index contributed by atoms with van der Waals surface area (Å²) in [5, 5.41) is 17.8. The average molecular weight is 252 g/mol. The number of aliphatic carboxylic acids is 2. The number of carbonyl (C=O) groups is 2. The third kappa shape index (κ3) is 2.74. The molecule has 0 aliphatic heterocycles. The Balaban J connectivity index is 1.85. The molecule has 0 amide bonds. The summed E-state index contributed by atoms with van der Waals surface area (Å²) in [5.74, 6) is -0.576. The largest absolute Gasteiger partial charge is 0.481 e. The highest BCUT2D eigenvalue weighted by Gasteiger charge is 2.49. The molecule has 4 nitrogen and oxygen atoms in total. The number of fused-ring (bicyclic) bond motifs is 2. The van der Waals surface area contributed by atoms with Crippen molar-refractivity contribution in [2.75, 3.05) is 0 Å². The summed E-state index contributed by atoms with van der Waals surface area (Å²) in [4.78, 5) is 21.6. The maximum absolute atomic E-state index is 11.3. The second kappa shape index (κ2) is 5.55. The summed E-state index contributed by atoms with van der Waals surface area (Å²) in [6, 6.07) is 0. The van der Waals surface area contributed by atoms with Crippen LogP contribution in [0.25, 0.3) is 0 Å². The van der Waals surface area contributed by atoms with Gasteiger partial charge in [-0.3, -0.25) is 9.59 Å². The molecule has 4 unspecified atom stereocenters. The normalized spacial score (nSPS) is 34.2. The molecule has 0 saturated heterocycles. The molecule has 0 aromatic carbocycles. The Bertz CT molecular complexity index is 361. The van der Waals surface area contributed by atoms with E-state index < -0.39 is 11.9 Å². The van der Waals surface area contributed by atoms with E-state index >= 15 is 0 Å². The van der Waals surface area contributed by atoms with Crippen molar-refractivity contribution in [3.63, 3.8) is 0 Å². The average Bonchev–Trinajstić information content (AvgIpc) is 2.87. The summed E-state index contributed by atoms with van der Waals surface area (Å²) in [6.07, 6.45) is 8.82. The Morgan fingerprint density at radius 2 is 1.89 bits per heavy atom. The Hall–Kier alpha value is -1.32. The van der Waals surface area contributed by atoms with Crippen LogP contribution in [0.5, 0.6) is 0 Å². The molecule has 2 aliphatic carbocycles. The zero-order valence-corrected chi connectivity index (χ0v) is 10.4. The van der Waals surface area contributed by atoms with Crippen LogP contribution in [0, 0.1) is 23.7 Å². The van der Waals surface area contributed by atoms with E-state index in [1.807, 2.05) is 12.2 Å². The van der Waals surface area contributed by atoms with Gasteiger partial charge in [-0.15, -0.1) is 0 Å². The second-order valence-electron chi connectivity index (χ2n) is 5.49. The van der Waals surface area contributed by atoms with Crippen molar-refractivity contribution in [3.8, 4) is 0 Å². The molecule has 0 aromatic rings. The lowest BCUT2D eigenvalue weighted by atomic mass is 9.79. The van der Waals surface area contributed by atoms with Crippen LogP contribution in [-0.2, 0) is 9.59 Å². The summed E-state index contributed by atoms with van der Waals surface area (Å²) >= 11 is 0. The number of hydrogen-bond acceptors (Lipinski definition) is 2. The third-order valence-electron chi connectivity index (χ3n) is 4.39. The molecule has 2 fully saturated rings. The third-order valence-corrected chi connectivity index (χ3v) is 4.39. The first-order valence-corrected chi connectivity index (χ1v) is 6.71. The van der Waals surface area contributed by atoms with Crippen molar-refractivity contribution in [2.24, 2.45) is 23.7 Å². The maximum Gasteiger partial charge on any atom is 0.307 e. The van der Waals surface area contributed by atoms with E-state index in [4.69, 9.17) is 5.11 Å². The molecule has 0 heterocycles. The van der Waals surface area contributed by atoms with Gasteiger partial charge in [0.05, 0.1) is 5.92 Å². The first-order chi connectivity index (χ1) is 8.59. The van der Waals surface area contributed by atoms with Crippen LogP contribution in [-0.4, -0.2) is 22.2 Å². The van der Waals surface area contributed by atoms with Gasteiger partial charge in [0, 0.05) is 6.42 Å². The minimum Gasteiger partial charge on any atom is -0.481 e. The molecule has 100 valence electrons. The van der Waals surface area contributed by atoms with Crippen LogP contribution in [0.4, 0.5) is 0 Å². The Morgan fingerprint density at radius 3 is 2.56 bits per heavy atom. The fourth-order valence-electron chi connectivity index (χ4n) is 3.60. The molecule has 2 bridgehead atoms. The maximum atomic E-state index is 11.3. The number of hydrogen-bond donors (Lipinski definition) is 2. The van der Waals surface area contributed by atoms with Gasteiger partial charge in [0.1, 0.15) is 0 Å². The second-order valence-corrected chi connectivity index (χ2v) is 5.49. The van der Waals surface area contributed by atoms with E-state index in [0.29, 0.717) is 18.3 Å². The van der Waals surface area contributed by atoms with Gasteiger partial charge >= 0.3 is 11.9 Å². The van der Waals surface area contributed by atoms with Gasteiger partial charge < -0.3 is 10.2 Å². The smallest absolute Gasteiger partial charge is 0.307 e. The monoisotopic (exact) mass is 252 g/mol. The molecule has 2 N–H and O–H groups in total. The van der Waals surface area contributed by atoms with E-state index in [-0.39, 0.29) is 18.3 Å². The summed E-state index contributed by atoms with van der Waals surface area (Å²) in [7, 11) is 0. The van der Waals surface area contributed by atoms with E-state index in [0.717, 1.165) is 25.7 Å². The van der Waals surface area contributed by atoms with Gasteiger partial charge in [-0.1, -0.05) is 12.2 Å². The van der Waals surface area contributed by atoms with Crippen molar-refractivity contribution in [3.05, 3.63) is 12.2 Å². The molecule has 2 aliphatic rings. The van der Waals surface area contributed by atoms with Crippen LogP contribution in [0.15, 0.2) is 12.2 Å². The highest BCUT2D eigenvalue weighted by Crippen LogP contribution is 2.52. The van der Waals surface area contributed by atoms with E-state index in [2.05, 4.69) is 0 Å². The van der Waals surface area contributed by atoms with Crippen molar-refractivity contribution >= 4 is 11.9 Å². The van der Waals surface area contributed by atoms with Crippen LogP contribution in [0.2, 0.25) is 0 Å². The highest BCUT2D eigenvalue weighted by atomic mass is 16.4. The van der Waals surface area contributed by atoms with Crippen molar-refractivity contribution < 1.29 is 19.8 Å². The SMILES string of the molecule is O=C(O)CCCC=CC1C2CCC(C2)C1C(=O)O. The molecule has 0 radical (unpaired) electrons. The van der Waals surface area contributed by atoms with Crippen molar-refractivity contribution in [2.45, 2.75) is 38.5 Å². The van der Waals surface area contributed by atoms with Crippen LogP contribution in [0.1, 0.15) is 38.5 Å². The van der Waals surface area contributed by atoms with Crippen molar-refractivity contribution in [1.29, 1.82) is 0 Å². The molecule has 18 heavy (non-hydrogen) atoms. The van der Waals surface area contributed by atoms with Crippen LogP contribution >= 0.6 is 0 Å². The Kier molecular flexibility index (Phi) is 4.04. The predicted molar refractivity (Wildman–Crippen MR) is 66.1 cm³/mol. The molecular weight excluding hydrogens is 232 g/mol. The fraction of sp³-hybridized carbons (Fsp3) is 0.714. The summed E-state index contributed by atoms with van der Waals surface area (Å²) < 4.78 is 0. The lowest BCUT2D eigenvalue weighted by Crippen LogP contribution is -2.28. The van der Waals surface area contributed by atoms with E-state index in [1.54, 1.807) is 0 Å². The predicted octanol–water partition coefficient (Wildman–Crippen LogP) is 2.54. The molecular formula is C14H20O4. The topological polar surface area (TPSA) is 74.6 Å². The fourth-order valence-corrected chi connectivity index (χ4v) is 3.60. The summed E-state index contributed by atoms with van der Waals surface area (Å²) in [5.41, 5.74) is 0. The highest BCUT2D eigenvalue weighted by molar-refractivity contribution is 5.72. The number of carboxylic acids is 2. The Morgan fingerprint density at radius 1 is 1.17 bits per heavy atom. The minimum atomic E-state index is -0.772. The van der Waals surface area contributed by atoms with Gasteiger partial charge in [0.2, 0.25) is 0 Å². The Labute approximate surface area is 107 Å². The number of allylic oxidation sites excluding steroid dienone is 2. The van der Waals surface area contributed by atoms with E-state index in [9.17, 15) is 14.7 Å². The molecule has 2 rings (SSSR count). The van der Waals surface area contributed by atoms with Crippen molar-refractivity contribution in [1.82, 2.24) is 0 Å². The quantitative estimate of drug-likeness (QED) is 0.562. The van der Waals surface area contributed by atoms with Gasteiger partial charge in [-0.2, -0.15) is 0 Å². The lowest BCUT2D eigenvalue weighted by Gasteiger charge is -2.25. The zero-order chi connectivity index (χ0) is 13.1. The molecule has 0 spiro atoms. The van der Waals surface area contributed by atoms with Gasteiger partial charge in [-0.25, -0.2) is 0 Å². The molecule has 2 saturated carbocycles. The van der Waals surface area contributed by atoms with Gasteiger partial charge in [0.25, 0.3) is 0 Å². The first-order valence-electron chi connectivity index (χ1n) is 6.71. The number of unbranched alkanes of at least 4 members (excludes halogenated alkanes) is 1. The zero-order valence-electron chi connectivity index (χ0n) is 10.4. The van der Waals surface area contributed by atoms with Crippen LogP contribution in [0.3, 0.4) is 0 Å². The molecule has 4 heteroatoms. The van der Waals surface area contributed by atoms with Gasteiger partial charge in [0.15, 0.2) is 0 Å². The lowest BCUT2D eigenvalue weighted by molar-refractivity contribution is -0.144. The first kappa shape index (κ1) is 13.1. The standard InChI is InChI=1S/C14H20O4/c15-12(16)5-3-1-2-4-11-9-6-7-10(8-9)13(11)14(17)18/h2,4,9-11,13H,1,3,5-8H2,(H,15,16)(H,17,18). The summed E-state index contributed by atoms with van der Waals surface area (Å²) in [6.45, 7) is 0.